The lowest BCUT2D eigenvalue weighted by Gasteiger charge is -2.30. The predicted molar refractivity (Wildman–Crippen MR) is 475 cm³/mol. The quantitative estimate of drug-likeness (QED) is 0.0267. The predicted octanol–water partition coefficient (Wildman–Crippen LogP) is 12.8. The fourth-order valence-electron chi connectivity index (χ4n) is 17.4. The molecule has 9 fully saturated rings. The van der Waals surface area contributed by atoms with E-state index in [9.17, 15) is 29.7 Å². The Hall–Kier alpha value is -6.50. The van der Waals surface area contributed by atoms with E-state index in [1.54, 1.807) is 30.3 Å². The summed E-state index contributed by atoms with van der Waals surface area (Å²) in [6.45, 7) is 17.6. The molecule has 6 aromatic rings. The van der Waals surface area contributed by atoms with Gasteiger partial charge in [0.05, 0.1) is 41.0 Å². The van der Waals surface area contributed by atoms with E-state index < -0.39 is 48.0 Å². The highest BCUT2D eigenvalue weighted by atomic mass is 35.5. The molecule has 29 heteroatoms. The first-order valence-electron chi connectivity index (χ1n) is 42.7. The maximum absolute atomic E-state index is 15.1. The highest BCUT2D eigenvalue weighted by molar-refractivity contribution is 7.59. The minimum Gasteiger partial charge on any atom is -0.489 e. The molecule has 652 valence electrons. The van der Waals surface area contributed by atoms with Gasteiger partial charge in [-0.3, -0.25) is 14.4 Å². The summed E-state index contributed by atoms with van der Waals surface area (Å²) in [7, 11) is 6.28. The van der Waals surface area contributed by atoms with Crippen LogP contribution < -0.4 is 45.3 Å². The fraction of sp³-hybridized carbons (Fsp3) is 0.567. The monoisotopic (exact) mass is 1740 g/mol. The molecule has 0 aromatic heterocycles. The van der Waals surface area contributed by atoms with Gasteiger partial charge in [0.2, 0.25) is 11.8 Å². The summed E-state index contributed by atoms with van der Waals surface area (Å²) < 4.78 is 48.1. The van der Waals surface area contributed by atoms with Crippen molar-refractivity contribution in [3.8, 4) is 17.2 Å². The number of carbonyl (C=O) groups excluding carboxylic acids is 2. The molecule has 119 heavy (non-hydrogen) atoms. The van der Waals surface area contributed by atoms with Crippen LogP contribution in [0.15, 0.2) is 127 Å². The molecule has 0 radical (unpaired) electrons. The minimum absolute atomic E-state index is 0. The van der Waals surface area contributed by atoms with E-state index >= 15 is 8.78 Å². The third-order valence-corrected chi connectivity index (χ3v) is 25.9. The Balaban J connectivity index is 0.000000163. The Morgan fingerprint density at radius 2 is 0.714 bits per heavy atom. The second-order valence-electron chi connectivity index (χ2n) is 33.7. The average Bonchev–Trinajstić information content (AvgIpc) is 1.07. The number of nitrogens with two attached hydrogens (primary N) is 1. The number of carbonyl (C=O) groups is 3. The number of piperidine rings is 3. The van der Waals surface area contributed by atoms with Gasteiger partial charge in [-0.15, -0.1) is 0 Å². The zero-order chi connectivity index (χ0) is 83.4. The number of hydrogen-bond donors (Lipinski definition) is 7. The van der Waals surface area contributed by atoms with Gasteiger partial charge in [0.1, 0.15) is 36.3 Å². The number of rotatable bonds is 26. The van der Waals surface area contributed by atoms with Gasteiger partial charge in [0, 0.05) is 136 Å². The number of nitrogens with one attached hydrogen (secondary N) is 2. The van der Waals surface area contributed by atoms with Gasteiger partial charge in [-0.1, -0.05) is 64.6 Å². The third-order valence-electron chi connectivity index (χ3n) is 24.8. The molecular weight excluding hydrogens is 1620 g/mol. The van der Waals surface area contributed by atoms with Crippen LogP contribution in [0.1, 0.15) is 131 Å². The lowest BCUT2D eigenvalue weighted by atomic mass is 9.99. The van der Waals surface area contributed by atoms with Crippen LogP contribution in [0.25, 0.3) is 0 Å². The van der Waals surface area contributed by atoms with E-state index in [0.717, 1.165) is 204 Å². The number of likely N-dealkylation sites (tertiary alicyclic amines) is 6. The highest BCUT2D eigenvalue weighted by Gasteiger charge is 2.37. The Morgan fingerprint density at radius 3 is 1.03 bits per heavy atom. The Morgan fingerprint density at radius 1 is 0.412 bits per heavy atom. The first-order chi connectivity index (χ1) is 56.9. The molecule has 6 aromatic carbocycles. The lowest BCUT2D eigenvalue weighted by Crippen LogP contribution is -2.48. The fourth-order valence-corrected chi connectivity index (χ4v) is 18.0. The number of carboxylic acid groups (broad SMARTS) is 1. The largest absolute Gasteiger partial charge is 0.489 e. The molecule has 9 saturated heterocycles. The molecule has 0 bridgehead atoms. The van der Waals surface area contributed by atoms with Crippen LogP contribution in [0.3, 0.4) is 0 Å². The molecule has 0 saturated carbocycles. The highest BCUT2D eigenvalue weighted by Crippen LogP contribution is 2.36. The number of halogens is 6. The number of aliphatic hydroxyl groups is 3. The molecule has 0 spiro atoms. The maximum Gasteiger partial charge on any atom is 0.308 e. The van der Waals surface area contributed by atoms with E-state index in [0.29, 0.717) is 76.2 Å². The number of anilines is 3. The SMILES string of the molecule is CN1CCC(Oc2ccc([C@@H](O)[C@@H](CN3CCCC3)NC(=O)[C@@H]3CCN(c4ccc(Cl)cc4)C3)cc2F)CC1.CN1CCC(Oc2ccc([C@@H](O)[C@@H](CN3CCCC3)NC(=O)[C@H]3CCN(c4ccc(Cl)cc4)C3)cc2F)CC1.CN1CCC(Oc2ccc([C@@H](O)[C@H](N)CN3CCCC3)cc2Cl)CC1.O=C(O)C1CCN(c2ccc(Cl)cc2)C1.S. The van der Waals surface area contributed by atoms with E-state index in [-0.39, 0.29) is 78.9 Å². The summed E-state index contributed by atoms with van der Waals surface area (Å²) >= 11 is 24.2. The van der Waals surface area contributed by atoms with Crippen LogP contribution in [0.4, 0.5) is 25.8 Å². The van der Waals surface area contributed by atoms with Crippen molar-refractivity contribution in [2.75, 3.05) is 173 Å². The number of aliphatic hydroxyl groups excluding tert-OH is 3. The summed E-state index contributed by atoms with van der Waals surface area (Å²) in [5, 5.41) is 51.1. The smallest absolute Gasteiger partial charge is 0.308 e. The molecule has 0 aliphatic carbocycles. The van der Waals surface area contributed by atoms with Crippen molar-refractivity contribution in [1.82, 2.24) is 40.0 Å². The van der Waals surface area contributed by atoms with Crippen molar-refractivity contribution in [1.29, 1.82) is 0 Å². The standard InChI is InChI=1S/2C30H40ClFN4O3.C19H30ClN3O2.C11H12ClNO2.H2S/c2*1-34-15-11-25(12-16-34)39-28-9-4-21(18-26(28)32)29(37)27(20-35-13-2-3-14-35)33-30(38)22-10-17-36(19-22)24-7-5-23(31)6-8-24;1-22-10-6-15(7-11-22)25-18-5-4-14(12-16(18)20)19(24)17(21)13-23-8-2-3-9-23;12-9-1-3-10(4-2-9)13-6-5-8(7-13)11(14)15;/h2*4-9,18,22,25,27,29,37H,2-3,10-17,19-20H2,1H3,(H,33,38);4-5,12,15,17,19,24H,2-3,6-11,13,21H2,1H3;1-4,8H,5-7H2,(H,14,15);1H2/t22-,27+,29+;22-,27-,29-;17-,19-;;/m011../s1. The van der Waals surface area contributed by atoms with E-state index in [2.05, 4.69) is 75.9 Å². The van der Waals surface area contributed by atoms with Crippen molar-refractivity contribution >= 4 is 94.7 Å². The maximum atomic E-state index is 15.1. The number of carboxylic acids is 1. The van der Waals surface area contributed by atoms with Crippen LogP contribution in [-0.2, 0) is 14.4 Å². The van der Waals surface area contributed by atoms with Gasteiger partial charge in [0.15, 0.2) is 23.1 Å². The van der Waals surface area contributed by atoms with Crippen molar-refractivity contribution in [3.05, 3.63) is 176 Å². The molecule has 1 unspecified atom stereocenters. The molecule has 9 aliphatic rings. The summed E-state index contributed by atoms with van der Waals surface area (Å²) in [5.74, 6) is -1.28. The zero-order valence-electron chi connectivity index (χ0n) is 69.1. The van der Waals surface area contributed by atoms with E-state index in [1.165, 1.54) is 25.0 Å². The van der Waals surface area contributed by atoms with Gasteiger partial charge in [0.25, 0.3) is 0 Å². The number of hydrogen-bond acceptors (Lipinski definition) is 19. The second-order valence-corrected chi connectivity index (χ2v) is 35.5. The van der Waals surface area contributed by atoms with Gasteiger partial charge >= 0.3 is 5.97 Å². The Kier molecular flexibility index (Phi) is 35.8. The number of benzene rings is 6. The van der Waals surface area contributed by atoms with Crippen LogP contribution in [0.5, 0.6) is 17.2 Å². The van der Waals surface area contributed by atoms with Crippen LogP contribution in [0, 0.1) is 29.4 Å². The molecule has 8 N–H and O–H groups in total. The van der Waals surface area contributed by atoms with Gasteiger partial charge in [-0.2, -0.15) is 13.5 Å². The van der Waals surface area contributed by atoms with Gasteiger partial charge in [-0.05, 0) is 283 Å². The van der Waals surface area contributed by atoms with Gasteiger partial charge < -0.3 is 95.1 Å². The normalized spacial score (nSPS) is 22.3. The zero-order valence-corrected chi connectivity index (χ0v) is 73.1. The first kappa shape index (κ1) is 93.2. The molecule has 9 aliphatic heterocycles. The Bertz CT molecular complexity index is 3970. The molecule has 15 rings (SSSR count). The molecule has 2 amide bonds. The van der Waals surface area contributed by atoms with Crippen LogP contribution in [0.2, 0.25) is 20.1 Å². The number of ether oxygens (including phenoxy) is 3. The summed E-state index contributed by atoms with van der Waals surface area (Å²) in [6, 6.07) is 36.3. The topological polar surface area (TPSA) is 239 Å². The summed E-state index contributed by atoms with van der Waals surface area (Å²) in [5.41, 5.74) is 11.0. The van der Waals surface area contributed by atoms with Crippen LogP contribution in [-0.4, -0.2) is 263 Å². The van der Waals surface area contributed by atoms with Crippen molar-refractivity contribution in [2.24, 2.45) is 23.5 Å². The van der Waals surface area contributed by atoms with Crippen LogP contribution >= 0.6 is 59.9 Å². The molecule has 22 nitrogen and oxygen atoms in total. The lowest BCUT2D eigenvalue weighted by molar-refractivity contribution is -0.141. The van der Waals surface area contributed by atoms with Crippen molar-refractivity contribution in [2.45, 2.75) is 151 Å². The third kappa shape index (κ3) is 27.5. The van der Waals surface area contributed by atoms with E-state index in [1.807, 2.05) is 84.9 Å². The minimum atomic E-state index is -1.03. The molecule has 9 heterocycles. The van der Waals surface area contributed by atoms with Crippen molar-refractivity contribution in [3.63, 3.8) is 0 Å². The van der Waals surface area contributed by atoms with Crippen molar-refractivity contribution < 1.29 is 57.8 Å². The number of amides is 2. The second kappa shape index (κ2) is 45.8. The summed E-state index contributed by atoms with van der Waals surface area (Å²) in [6.07, 6.45) is 11.9. The Labute approximate surface area is 728 Å². The summed E-state index contributed by atoms with van der Waals surface area (Å²) in [4.78, 5) is 57.6. The molecular formula is C90H124Cl4F2N12O10S. The first-order valence-corrected chi connectivity index (χ1v) is 44.2. The van der Waals surface area contributed by atoms with E-state index in [4.69, 9.17) is 71.5 Å². The number of nitrogens with zero attached hydrogens (tertiary/aromatic N) is 9. The van der Waals surface area contributed by atoms with Gasteiger partial charge in [-0.25, -0.2) is 8.78 Å². The molecule has 9 atom stereocenters. The average molecular weight is 1750 g/mol. The number of aliphatic carboxylic acids is 1.